The Morgan fingerprint density at radius 1 is 1.11 bits per heavy atom. The Balaban J connectivity index is 2.33. The summed E-state index contributed by atoms with van der Waals surface area (Å²) in [5.74, 6) is 0.835. The topological polar surface area (TPSA) is 38.3 Å². The van der Waals surface area contributed by atoms with Crippen molar-refractivity contribution >= 4 is 6.41 Å². The van der Waals surface area contributed by atoms with E-state index in [2.05, 4.69) is 5.32 Å². The number of nitrogens with one attached hydrogen (secondary N) is 1. The molecule has 0 aliphatic heterocycles. The van der Waals surface area contributed by atoms with Crippen LogP contribution in [0.1, 0.15) is 5.56 Å². The molecule has 2 aromatic carbocycles. The molecule has 0 atom stereocenters. The first kappa shape index (κ1) is 12.2. The molecule has 92 valence electrons. The van der Waals surface area contributed by atoms with Crippen LogP contribution in [-0.4, -0.2) is 13.5 Å². The fraction of sp³-hybridized carbons (Fsp3) is 0.133. The molecule has 0 aliphatic rings. The predicted molar refractivity (Wildman–Crippen MR) is 71.3 cm³/mol. The summed E-state index contributed by atoms with van der Waals surface area (Å²) in [6.07, 6.45) is 0.713. The van der Waals surface area contributed by atoms with Crippen LogP contribution >= 0.6 is 0 Å². The van der Waals surface area contributed by atoms with E-state index in [1.54, 1.807) is 7.11 Å². The van der Waals surface area contributed by atoms with Gasteiger partial charge in [-0.3, -0.25) is 4.79 Å². The van der Waals surface area contributed by atoms with E-state index >= 15 is 0 Å². The Morgan fingerprint density at radius 3 is 2.50 bits per heavy atom. The van der Waals surface area contributed by atoms with Crippen LogP contribution < -0.4 is 10.1 Å². The second kappa shape index (κ2) is 5.87. The quantitative estimate of drug-likeness (QED) is 0.817. The Bertz CT molecular complexity index is 520. The second-order valence-corrected chi connectivity index (χ2v) is 3.88. The minimum absolute atomic E-state index is 0.533. The predicted octanol–water partition coefficient (Wildman–Crippen LogP) is 2.61. The molecule has 3 nitrogen and oxygen atoms in total. The lowest BCUT2D eigenvalue weighted by Crippen LogP contribution is -2.10. The third-order valence-corrected chi connectivity index (χ3v) is 2.79. The van der Waals surface area contributed by atoms with Crippen LogP contribution in [0.4, 0.5) is 0 Å². The van der Waals surface area contributed by atoms with E-state index in [0.29, 0.717) is 13.0 Å². The Labute approximate surface area is 106 Å². The minimum Gasteiger partial charge on any atom is -0.497 e. The number of hydrogen-bond donors (Lipinski definition) is 1. The van der Waals surface area contributed by atoms with Gasteiger partial charge in [0, 0.05) is 6.54 Å². The summed E-state index contributed by atoms with van der Waals surface area (Å²) in [6, 6.07) is 15.9. The van der Waals surface area contributed by atoms with Gasteiger partial charge in [-0.2, -0.15) is 0 Å². The van der Waals surface area contributed by atoms with Gasteiger partial charge in [-0.15, -0.1) is 0 Å². The standard InChI is InChI=1S/C15H15NO2/c1-18-14-8-6-12(7-9-14)15-5-3-2-4-13(15)10-16-11-17/h2-9,11H,10H2,1H3,(H,16,17). The fourth-order valence-corrected chi connectivity index (χ4v) is 1.88. The highest BCUT2D eigenvalue weighted by Gasteiger charge is 2.04. The number of benzene rings is 2. The summed E-state index contributed by atoms with van der Waals surface area (Å²) in [5, 5.41) is 2.69. The minimum atomic E-state index is 0.533. The van der Waals surface area contributed by atoms with E-state index in [9.17, 15) is 4.79 Å². The fourth-order valence-electron chi connectivity index (χ4n) is 1.88. The molecule has 1 N–H and O–H groups in total. The average Bonchev–Trinajstić information content (AvgIpc) is 2.45. The largest absolute Gasteiger partial charge is 0.497 e. The van der Waals surface area contributed by atoms with Crippen LogP contribution in [0.25, 0.3) is 11.1 Å². The van der Waals surface area contributed by atoms with E-state index in [-0.39, 0.29) is 0 Å². The van der Waals surface area contributed by atoms with Crippen molar-refractivity contribution in [3.63, 3.8) is 0 Å². The highest BCUT2D eigenvalue weighted by molar-refractivity contribution is 5.68. The van der Waals surface area contributed by atoms with Crippen LogP contribution in [0.2, 0.25) is 0 Å². The third kappa shape index (κ3) is 2.69. The first-order valence-electron chi connectivity index (χ1n) is 5.74. The summed E-state index contributed by atoms with van der Waals surface area (Å²) in [5.41, 5.74) is 3.32. The monoisotopic (exact) mass is 241 g/mol. The van der Waals surface area contributed by atoms with Gasteiger partial charge in [-0.05, 0) is 28.8 Å². The van der Waals surface area contributed by atoms with Crippen molar-refractivity contribution in [2.45, 2.75) is 6.54 Å². The number of carbonyl (C=O) groups is 1. The zero-order valence-corrected chi connectivity index (χ0v) is 10.2. The number of amides is 1. The Hall–Kier alpha value is -2.29. The van der Waals surface area contributed by atoms with Gasteiger partial charge in [0.25, 0.3) is 0 Å². The van der Waals surface area contributed by atoms with E-state index < -0.39 is 0 Å². The molecule has 18 heavy (non-hydrogen) atoms. The van der Waals surface area contributed by atoms with Crippen LogP contribution in [0.5, 0.6) is 5.75 Å². The molecule has 0 aliphatic carbocycles. The molecule has 1 amide bonds. The van der Waals surface area contributed by atoms with E-state index in [0.717, 1.165) is 22.4 Å². The lowest BCUT2D eigenvalue weighted by atomic mass is 9.99. The zero-order chi connectivity index (χ0) is 12.8. The SMILES string of the molecule is COc1ccc(-c2ccccc2CNC=O)cc1. The molecule has 0 spiro atoms. The summed E-state index contributed by atoms with van der Waals surface area (Å²) in [7, 11) is 1.65. The van der Waals surface area contributed by atoms with Gasteiger partial charge in [0.15, 0.2) is 0 Å². The van der Waals surface area contributed by atoms with Gasteiger partial charge in [0.2, 0.25) is 6.41 Å². The third-order valence-electron chi connectivity index (χ3n) is 2.79. The second-order valence-electron chi connectivity index (χ2n) is 3.88. The van der Waals surface area contributed by atoms with Gasteiger partial charge in [0.1, 0.15) is 5.75 Å². The van der Waals surface area contributed by atoms with Crippen molar-refractivity contribution in [2.75, 3.05) is 7.11 Å². The zero-order valence-electron chi connectivity index (χ0n) is 10.2. The highest BCUT2D eigenvalue weighted by Crippen LogP contribution is 2.25. The maximum Gasteiger partial charge on any atom is 0.207 e. The van der Waals surface area contributed by atoms with Crippen LogP contribution in [0.3, 0.4) is 0 Å². The molecule has 0 saturated heterocycles. The highest BCUT2D eigenvalue weighted by atomic mass is 16.5. The summed E-state index contributed by atoms with van der Waals surface area (Å²) < 4.78 is 5.14. The molecular weight excluding hydrogens is 226 g/mol. The van der Waals surface area contributed by atoms with Crippen molar-refractivity contribution in [1.82, 2.24) is 5.32 Å². The number of carbonyl (C=O) groups excluding carboxylic acids is 1. The van der Waals surface area contributed by atoms with Gasteiger partial charge in [0.05, 0.1) is 7.11 Å². The molecule has 0 saturated carbocycles. The van der Waals surface area contributed by atoms with Crippen LogP contribution in [0.15, 0.2) is 48.5 Å². The van der Waals surface area contributed by atoms with Gasteiger partial charge in [-0.25, -0.2) is 0 Å². The maximum absolute atomic E-state index is 10.4. The molecule has 0 unspecified atom stereocenters. The van der Waals surface area contributed by atoms with Crippen LogP contribution in [0, 0.1) is 0 Å². The maximum atomic E-state index is 10.4. The first-order valence-corrected chi connectivity index (χ1v) is 5.74. The number of rotatable bonds is 5. The number of methoxy groups -OCH3 is 1. The molecule has 0 fully saturated rings. The lowest BCUT2D eigenvalue weighted by Gasteiger charge is -2.09. The molecule has 0 radical (unpaired) electrons. The summed E-state index contributed by atoms with van der Waals surface area (Å²) >= 11 is 0. The normalized spacial score (nSPS) is 9.83. The smallest absolute Gasteiger partial charge is 0.207 e. The first-order chi connectivity index (χ1) is 8.85. The summed E-state index contributed by atoms with van der Waals surface area (Å²) in [6.45, 7) is 0.533. The molecule has 3 heteroatoms. The molecular formula is C15H15NO2. The van der Waals surface area contributed by atoms with Crippen molar-refractivity contribution in [1.29, 1.82) is 0 Å². The number of hydrogen-bond acceptors (Lipinski definition) is 2. The van der Waals surface area contributed by atoms with Crippen molar-refractivity contribution < 1.29 is 9.53 Å². The lowest BCUT2D eigenvalue weighted by molar-refractivity contribution is -0.109. The molecule has 0 aromatic heterocycles. The van der Waals surface area contributed by atoms with Crippen molar-refractivity contribution in [3.05, 3.63) is 54.1 Å². The number of ether oxygens (including phenoxy) is 1. The molecule has 0 heterocycles. The van der Waals surface area contributed by atoms with Gasteiger partial charge < -0.3 is 10.1 Å². The molecule has 2 aromatic rings. The Kier molecular flexibility index (Phi) is 3.97. The average molecular weight is 241 g/mol. The van der Waals surface area contributed by atoms with Gasteiger partial charge in [-0.1, -0.05) is 36.4 Å². The van der Waals surface area contributed by atoms with Crippen molar-refractivity contribution in [2.24, 2.45) is 0 Å². The molecule has 0 bridgehead atoms. The van der Waals surface area contributed by atoms with E-state index in [1.165, 1.54) is 0 Å². The van der Waals surface area contributed by atoms with Crippen molar-refractivity contribution in [3.8, 4) is 16.9 Å². The van der Waals surface area contributed by atoms with E-state index in [1.807, 2.05) is 48.5 Å². The Morgan fingerprint density at radius 2 is 1.83 bits per heavy atom. The van der Waals surface area contributed by atoms with Gasteiger partial charge >= 0.3 is 0 Å². The summed E-state index contributed by atoms with van der Waals surface area (Å²) in [4.78, 5) is 10.4. The van der Waals surface area contributed by atoms with Crippen LogP contribution in [-0.2, 0) is 11.3 Å². The van der Waals surface area contributed by atoms with E-state index in [4.69, 9.17) is 4.74 Å². The molecule has 2 rings (SSSR count).